The molecule has 5 heteroatoms. The third-order valence-corrected chi connectivity index (χ3v) is 5.24. The van der Waals surface area contributed by atoms with Gasteiger partial charge in [0.2, 0.25) is 0 Å². The zero-order valence-corrected chi connectivity index (χ0v) is 17.3. The van der Waals surface area contributed by atoms with Crippen LogP contribution in [0.3, 0.4) is 0 Å². The van der Waals surface area contributed by atoms with Gasteiger partial charge >= 0.3 is 0 Å². The number of rotatable bonds is 4. The largest absolute Gasteiger partial charge is 0.506 e. The van der Waals surface area contributed by atoms with Gasteiger partial charge in [-0.1, -0.05) is 17.7 Å². The molecule has 0 amide bonds. The van der Waals surface area contributed by atoms with Gasteiger partial charge in [0.05, 0.1) is 9.99 Å². The summed E-state index contributed by atoms with van der Waals surface area (Å²) in [6.07, 6.45) is 0. The number of hydrogen-bond donors (Lipinski definition) is 1. The van der Waals surface area contributed by atoms with Gasteiger partial charge in [0.25, 0.3) is 0 Å². The van der Waals surface area contributed by atoms with Crippen molar-refractivity contribution in [1.29, 1.82) is 0 Å². The van der Waals surface area contributed by atoms with Gasteiger partial charge in [-0.2, -0.15) is 0 Å². The maximum Gasteiger partial charge on any atom is 0.162 e. The molecule has 3 rings (SSSR count). The number of benzene rings is 2. The van der Waals surface area contributed by atoms with E-state index in [4.69, 9.17) is 0 Å². The molecule has 0 aliphatic heterocycles. The van der Waals surface area contributed by atoms with E-state index >= 15 is 0 Å². The van der Waals surface area contributed by atoms with Crippen LogP contribution in [0.25, 0.3) is 16.6 Å². The Kier molecular flexibility index (Phi) is 4.95. The number of nitrogens with zero attached hydrogens (tertiary/aromatic N) is 2. The lowest BCUT2D eigenvalue weighted by molar-refractivity contribution is 0.101. The molecule has 0 saturated carbocycles. The molecule has 0 radical (unpaired) electrons. The maximum atomic E-state index is 12.5. The molecule has 0 bridgehead atoms. The second-order valence-electron chi connectivity index (χ2n) is 7.01. The van der Waals surface area contributed by atoms with E-state index in [1.807, 2.05) is 32.0 Å². The highest BCUT2D eigenvalue weighted by Crippen LogP contribution is 2.40. The van der Waals surface area contributed by atoms with Crippen LogP contribution >= 0.6 is 15.9 Å². The lowest BCUT2D eigenvalue weighted by Crippen LogP contribution is -2.12. The van der Waals surface area contributed by atoms with E-state index in [9.17, 15) is 9.90 Å². The van der Waals surface area contributed by atoms with Crippen molar-refractivity contribution in [2.24, 2.45) is 0 Å². The highest BCUT2D eigenvalue weighted by atomic mass is 79.9. The number of fused-ring (bicyclic) bond motifs is 1. The molecule has 0 aliphatic rings. The number of phenols is 1. The van der Waals surface area contributed by atoms with Crippen molar-refractivity contribution in [3.05, 3.63) is 57.2 Å². The topological polar surface area (TPSA) is 45.5 Å². The quantitative estimate of drug-likeness (QED) is 0.612. The molecule has 0 fully saturated rings. The Morgan fingerprint density at radius 3 is 2.35 bits per heavy atom. The number of hydrogen-bond acceptors (Lipinski definition) is 3. The van der Waals surface area contributed by atoms with Gasteiger partial charge in [0, 0.05) is 34.4 Å². The summed E-state index contributed by atoms with van der Waals surface area (Å²) >= 11 is 3.48. The Balaban J connectivity index is 2.47. The number of Topliss-reactive ketones (excluding diaryl/α,β-unsaturated/α-hetero) is 1. The molecule has 0 spiro atoms. The highest BCUT2D eigenvalue weighted by Gasteiger charge is 2.24. The normalized spacial score (nSPS) is 11.5. The van der Waals surface area contributed by atoms with Gasteiger partial charge in [-0.05, 0) is 69.0 Å². The number of aromatic nitrogens is 1. The van der Waals surface area contributed by atoms with Gasteiger partial charge in [-0.15, -0.1) is 0 Å². The van der Waals surface area contributed by atoms with E-state index in [0.29, 0.717) is 16.6 Å². The van der Waals surface area contributed by atoms with Crippen LogP contribution in [-0.4, -0.2) is 34.5 Å². The van der Waals surface area contributed by atoms with E-state index in [1.165, 1.54) is 5.56 Å². The minimum absolute atomic E-state index is 0.0000836. The Labute approximate surface area is 162 Å². The van der Waals surface area contributed by atoms with Crippen LogP contribution in [0.15, 0.2) is 34.8 Å². The zero-order valence-electron chi connectivity index (χ0n) is 15.7. The minimum atomic E-state index is 0.0000836. The van der Waals surface area contributed by atoms with Crippen LogP contribution in [0.5, 0.6) is 5.75 Å². The summed E-state index contributed by atoms with van der Waals surface area (Å²) in [4.78, 5) is 14.5. The summed E-state index contributed by atoms with van der Waals surface area (Å²) in [7, 11) is 3.90. The van der Waals surface area contributed by atoms with Gasteiger partial charge in [0.1, 0.15) is 5.75 Å². The Morgan fingerprint density at radius 1 is 1.19 bits per heavy atom. The van der Waals surface area contributed by atoms with E-state index in [1.54, 1.807) is 6.92 Å². The molecule has 26 heavy (non-hydrogen) atoms. The monoisotopic (exact) mass is 414 g/mol. The molecule has 0 unspecified atom stereocenters. The molecule has 1 heterocycles. The first kappa shape index (κ1) is 18.7. The fourth-order valence-corrected chi connectivity index (χ4v) is 3.99. The van der Waals surface area contributed by atoms with Crippen LogP contribution in [-0.2, 0) is 6.54 Å². The predicted molar refractivity (Wildman–Crippen MR) is 110 cm³/mol. The van der Waals surface area contributed by atoms with Crippen molar-refractivity contribution >= 4 is 32.6 Å². The second kappa shape index (κ2) is 6.89. The van der Waals surface area contributed by atoms with Gasteiger partial charge in [-0.25, -0.2) is 0 Å². The van der Waals surface area contributed by atoms with E-state index in [2.05, 4.69) is 51.7 Å². The van der Waals surface area contributed by atoms with Crippen LogP contribution in [0, 0.1) is 13.8 Å². The van der Waals surface area contributed by atoms with E-state index in [0.717, 1.165) is 27.8 Å². The number of phenolic OH excluding ortho intramolecular Hbond substituents is 1. The first-order valence-electron chi connectivity index (χ1n) is 8.50. The number of halogens is 1. The lowest BCUT2D eigenvalue weighted by atomic mass is 10.0. The smallest absolute Gasteiger partial charge is 0.162 e. The van der Waals surface area contributed by atoms with Crippen LogP contribution < -0.4 is 0 Å². The molecule has 2 aromatic carbocycles. The summed E-state index contributed by atoms with van der Waals surface area (Å²) in [5.74, 6) is 0.190. The van der Waals surface area contributed by atoms with Gasteiger partial charge in [0.15, 0.2) is 5.78 Å². The molecule has 0 saturated heterocycles. The zero-order chi connectivity index (χ0) is 19.2. The fourth-order valence-electron chi connectivity index (χ4n) is 3.53. The summed E-state index contributed by atoms with van der Waals surface area (Å²) in [6, 6.07) is 10.1. The first-order chi connectivity index (χ1) is 12.2. The van der Waals surface area contributed by atoms with Crippen molar-refractivity contribution in [2.75, 3.05) is 14.1 Å². The SMILES string of the molecule is CC(=O)c1c(C)n(-c2ccc(C)cc2)c2cc(Br)c(O)c(CN(C)C)c12. The molecule has 0 aliphatic carbocycles. The highest BCUT2D eigenvalue weighted by molar-refractivity contribution is 9.10. The molecule has 4 nitrogen and oxygen atoms in total. The van der Waals surface area contributed by atoms with Crippen molar-refractivity contribution < 1.29 is 9.90 Å². The molecule has 1 N–H and O–H groups in total. The van der Waals surface area contributed by atoms with Crippen LogP contribution in [0.4, 0.5) is 0 Å². The average Bonchev–Trinajstić information content (AvgIpc) is 2.84. The third kappa shape index (κ3) is 3.06. The standard InChI is InChI=1S/C21H23BrN2O2/c1-12-6-8-15(9-7-12)24-13(2)19(14(3)25)20-16(11-23(4)5)21(26)17(22)10-18(20)24/h6-10,26H,11H2,1-5H3. The van der Waals surface area contributed by atoms with Crippen LogP contribution in [0.2, 0.25) is 0 Å². The van der Waals surface area contributed by atoms with E-state index < -0.39 is 0 Å². The average molecular weight is 415 g/mol. The third-order valence-electron chi connectivity index (χ3n) is 4.64. The minimum Gasteiger partial charge on any atom is -0.506 e. The predicted octanol–water partition coefficient (Wildman–Crippen LogP) is 4.98. The van der Waals surface area contributed by atoms with Gasteiger partial charge < -0.3 is 14.6 Å². The molecule has 0 atom stereocenters. The Bertz CT molecular complexity index is 1000. The van der Waals surface area contributed by atoms with Crippen LogP contribution in [0.1, 0.15) is 34.1 Å². The van der Waals surface area contributed by atoms with Crippen molar-refractivity contribution in [3.8, 4) is 11.4 Å². The maximum absolute atomic E-state index is 12.5. The summed E-state index contributed by atoms with van der Waals surface area (Å²) < 4.78 is 2.72. The summed E-state index contributed by atoms with van der Waals surface area (Å²) in [6.45, 7) is 6.13. The lowest BCUT2D eigenvalue weighted by Gasteiger charge is -2.15. The summed E-state index contributed by atoms with van der Waals surface area (Å²) in [5, 5.41) is 11.5. The molecule has 3 aromatic rings. The Hall–Kier alpha value is -2.11. The first-order valence-corrected chi connectivity index (χ1v) is 9.29. The Morgan fingerprint density at radius 2 is 1.81 bits per heavy atom. The molecular weight excluding hydrogens is 392 g/mol. The van der Waals surface area contributed by atoms with Crippen molar-refractivity contribution in [3.63, 3.8) is 0 Å². The number of carbonyl (C=O) groups is 1. The molecule has 1 aromatic heterocycles. The van der Waals surface area contributed by atoms with Gasteiger partial charge in [-0.3, -0.25) is 4.79 Å². The molecular formula is C21H23BrN2O2. The number of carbonyl (C=O) groups excluding carboxylic acids is 1. The van der Waals surface area contributed by atoms with Crippen molar-refractivity contribution in [2.45, 2.75) is 27.3 Å². The van der Waals surface area contributed by atoms with Crippen molar-refractivity contribution in [1.82, 2.24) is 9.47 Å². The molecule has 136 valence electrons. The van der Waals surface area contributed by atoms with E-state index in [-0.39, 0.29) is 11.5 Å². The number of aromatic hydroxyl groups is 1. The number of aryl methyl sites for hydroxylation is 1. The number of ketones is 1. The summed E-state index contributed by atoms with van der Waals surface area (Å²) in [5.41, 5.74) is 5.41. The second-order valence-corrected chi connectivity index (χ2v) is 7.86. The fraction of sp³-hybridized carbons (Fsp3) is 0.286.